The lowest BCUT2D eigenvalue weighted by Crippen LogP contribution is -2.13. The molecule has 0 saturated carbocycles. The summed E-state index contributed by atoms with van der Waals surface area (Å²) in [5.74, 6) is -0.929. The molecule has 0 aliphatic carbocycles. The van der Waals surface area contributed by atoms with E-state index in [2.05, 4.69) is 10.2 Å². The SMILES string of the molecule is C/C=C/COc1nnc(CC)c(CC)c1C(=O)O. The highest BCUT2D eigenvalue weighted by Crippen LogP contribution is 2.22. The Labute approximate surface area is 107 Å². The molecule has 1 heterocycles. The second kappa shape index (κ2) is 6.74. The number of aryl methyl sites for hydroxylation is 1. The maximum absolute atomic E-state index is 11.3. The van der Waals surface area contributed by atoms with Gasteiger partial charge < -0.3 is 9.84 Å². The van der Waals surface area contributed by atoms with Crippen LogP contribution in [0.5, 0.6) is 5.88 Å². The lowest BCUT2D eigenvalue weighted by molar-refractivity contribution is 0.0690. The van der Waals surface area contributed by atoms with Gasteiger partial charge in [-0.25, -0.2) is 4.79 Å². The zero-order valence-corrected chi connectivity index (χ0v) is 10.9. The zero-order chi connectivity index (χ0) is 13.5. The number of ether oxygens (including phenoxy) is 1. The number of hydrogen-bond donors (Lipinski definition) is 1. The average molecular weight is 250 g/mol. The smallest absolute Gasteiger partial charge is 0.341 e. The van der Waals surface area contributed by atoms with Crippen molar-refractivity contribution in [3.8, 4) is 5.88 Å². The summed E-state index contributed by atoms with van der Waals surface area (Å²) in [6.07, 6.45) is 4.87. The minimum absolute atomic E-state index is 0.0923. The molecule has 98 valence electrons. The van der Waals surface area contributed by atoms with Crippen LogP contribution in [0.4, 0.5) is 0 Å². The normalized spacial score (nSPS) is 10.8. The van der Waals surface area contributed by atoms with Crippen LogP contribution in [-0.4, -0.2) is 27.9 Å². The topological polar surface area (TPSA) is 72.3 Å². The zero-order valence-electron chi connectivity index (χ0n) is 10.9. The van der Waals surface area contributed by atoms with Gasteiger partial charge in [-0.2, -0.15) is 5.10 Å². The molecule has 0 bridgehead atoms. The van der Waals surface area contributed by atoms with Crippen molar-refractivity contribution in [3.05, 3.63) is 29.0 Å². The van der Waals surface area contributed by atoms with Gasteiger partial charge in [0.15, 0.2) is 0 Å². The number of nitrogens with zero attached hydrogens (tertiary/aromatic N) is 2. The van der Waals surface area contributed by atoms with Gasteiger partial charge in [-0.15, -0.1) is 5.10 Å². The maximum atomic E-state index is 11.3. The highest BCUT2D eigenvalue weighted by molar-refractivity contribution is 5.92. The Balaban J connectivity index is 3.21. The number of aromatic nitrogens is 2. The molecule has 0 unspecified atom stereocenters. The maximum Gasteiger partial charge on any atom is 0.341 e. The molecule has 0 amide bonds. The molecule has 0 radical (unpaired) electrons. The summed E-state index contributed by atoms with van der Waals surface area (Å²) in [5.41, 5.74) is 1.55. The van der Waals surface area contributed by atoms with Crippen LogP contribution in [0.2, 0.25) is 0 Å². The van der Waals surface area contributed by atoms with E-state index in [4.69, 9.17) is 4.74 Å². The van der Waals surface area contributed by atoms with Crippen LogP contribution in [-0.2, 0) is 12.8 Å². The molecule has 0 aromatic carbocycles. The molecule has 1 rings (SSSR count). The molecule has 1 N–H and O–H groups in total. The summed E-state index contributed by atoms with van der Waals surface area (Å²) in [7, 11) is 0. The lowest BCUT2D eigenvalue weighted by atomic mass is 10.0. The molecule has 0 atom stereocenters. The van der Waals surface area contributed by atoms with Crippen molar-refractivity contribution in [2.24, 2.45) is 0 Å². The molecular weight excluding hydrogens is 232 g/mol. The van der Waals surface area contributed by atoms with Crippen molar-refractivity contribution in [3.63, 3.8) is 0 Å². The number of carbonyl (C=O) groups is 1. The summed E-state index contributed by atoms with van der Waals surface area (Å²) in [6, 6.07) is 0. The van der Waals surface area contributed by atoms with Gasteiger partial charge in [0.2, 0.25) is 5.88 Å². The first-order valence-electron chi connectivity index (χ1n) is 6.01. The van der Waals surface area contributed by atoms with Crippen molar-refractivity contribution in [2.75, 3.05) is 6.61 Å². The van der Waals surface area contributed by atoms with Crippen molar-refractivity contribution < 1.29 is 14.6 Å². The molecule has 0 aliphatic heterocycles. The predicted octanol–water partition coefficient (Wildman–Crippen LogP) is 2.25. The van der Waals surface area contributed by atoms with Gasteiger partial charge in [0.25, 0.3) is 0 Å². The average Bonchev–Trinajstić information content (AvgIpc) is 2.37. The van der Waals surface area contributed by atoms with Crippen molar-refractivity contribution in [1.82, 2.24) is 10.2 Å². The quantitative estimate of drug-likeness (QED) is 0.784. The third-order valence-electron chi connectivity index (χ3n) is 2.58. The summed E-state index contributed by atoms with van der Waals surface area (Å²) in [6.45, 7) is 5.98. The van der Waals surface area contributed by atoms with Gasteiger partial charge >= 0.3 is 5.97 Å². The van der Waals surface area contributed by atoms with Crippen molar-refractivity contribution in [1.29, 1.82) is 0 Å². The van der Waals surface area contributed by atoms with Gasteiger partial charge in [-0.3, -0.25) is 0 Å². The molecular formula is C13H18N2O3. The van der Waals surface area contributed by atoms with E-state index in [-0.39, 0.29) is 11.4 Å². The van der Waals surface area contributed by atoms with Crippen molar-refractivity contribution in [2.45, 2.75) is 33.6 Å². The monoisotopic (exact) mass is 250 g/mol. The molecule has 5 heteroatoms. The minimum atomic E-state index is -1.02. The van der Waals surface area contributed by atoms with Gasteiger partial charge in [0, 0.05) is 0 Å². The molecule has 1 aromatic rings. The van der Waals surface area contributed by atoms with Crippen LogP contribution in [0, 0.1) is 0 Å². The predicted molar refractivity (Wildman–Crippen MR) is 68.1 cm³/mol. The highest BCUT2D eigenvalue weighted by Gasteiger charge is 2.21. The molecule has 0 fully saturated rings. The summed E-state index contributed by atoms with van der Waals surface area (Å²) in [4.78, 5) is 11.3. The third kappa shape index (κ3) is 3.06. The second-order valence-electron chi connectivity index (χ2n) is 3.70. The summed E-state index contributed by atoms with van der Waals surface area (Å²) in [5, 5.41) is 17.2. The molecule has 0 saturated heterocycles. The largest absolute Gasteiger partial charge is 0.477 e. The number of carboxylic acids is 1. The number of rotatable bonds is 6. The van der Waals surface area contributed by atoms with E-state index in [0.717, 1.165) is 0 Å². The molecule has 18 heavy (non-hydrogen) atoms. The second-order valence-corrected chi connectivity index (χ2v) is 3.70. The van der Waals surface area contributed by atoms with E-state index < -0.39 is 5.97 Å². The van der Waals surface area contributed by atoms with E-state index in [1.54, 1.807) is 6.08 Å². The number of allylic oxidation sites excluding steroid dienone is 1. The van der Waals surface area contributed by atoms with E-state index >= 15 is 0 Å². The van der Waals surface area contributed by atoms with E-state index in [1.807, 2.05) is 26.8 Å². The standard InChI is InChI=1S/C13H18N2O3/c1-4-7-8-18-12-11(13(16)17)9(5-2)10(6-3)14-15-12/h4,7H,5-6,8H2,1-3H3,(H,16,17)/b7-4+. The fourth-order valence-corrected chi connectivity index (χ4v) is 1.70. The first-order valence-corrected chi connectivity index (χ1v) is 6.01. The molecule has 5 nitrogen and oxygen atoms in total. The van der Waals surface area contributed by atoms with E-state index in [9.17, 15) is 9.90 Å². The Morgan fingerprint density at radius 3 is 2.56 bits per heavy atom. The van der Waals surface area contributed by atoms with Crippen molar-refractivity contribution >= 4 is 5.97 Å². The van der Waals surface area contributed by atoms with Gasteiger partial charge in [-0.05, 0) is 25.3 Å². The highest BCUT2D eigenvalue weighted by atomic mass is 16.5. The summed E-state index contributed by atoms with van der Waals surface area (Å²) < 4.78 is 5.34. The number of aromatic carboxylic acids is 1. The van der Waals surface area contributed by atoms with Gasteiger partial charge in [-0.1, -0.05) is 26.0 Å². The summed E-state index contributed by atoms with van der Waals surface area (Å²) >= 11 is 0. The molecule has 0 spiro atoms. The Kier molecular flexibility index (Phi) is 5.30. The van der Waals surface area contributed by atoms with Crippen LogP contribution < -0.4 is 4.74 Å². The van der Waals surface area contributed by atoms with Crippen LogP contribution in [0.3, 0.4) is 0 Å². The fourth-order valence-electron chi connectivity index (χ4n) is 1.70. The first kappa shape index (κ1) is 14.2. The number of carboxylic acid groups (broad SMARTS) is 1. The van der Waals surface area contributed by atoms with Crippen LogP contribution in [0.1, 0.15) is 42.4 Å². The third-order valence-corrected chi connectivity index (χ3v) is 2.58. The first-order chi connectivity index (χ1) is 8.65. The molecule has 0 aliphatic rings. The van der Waals surface area contributed by atoms with E-state index in [1.165, 1.54) is 0 Å². The van der Waals surface area contributed by atoms with Gasteiger partial charge in [0.1, 0.15) is 12.2 Å². The Hall–Kier alpha value is -1.91. The van der Waals surface area contributed by atoms with Crippen LogP contribution in [0.25, 0.3) is 0 Å². The fraction of sp³-hybridized carbons (Fsp3) is 0.462. The Morgan fingerprint density at radius 1 is 1.33 bits per heavy atom. The van der Waals surface area contributed by atoms with Crippen LogP contribution in [0.15, 0.2) is 12.2 Å². The Morgan fingerprint density at radius 2 is 2.06 bits per heavy atom. The molecule has 1 aromatic heterocycles. The van der Waals surface area contributed by atoms with E-state index in [0.29, 0.717) is 30.7 Å². The Bertz CT molecular complexity index is 456. The minimum Gasteiger partial charge on any atom is -0.477 e. The number of hydrogen-bond acceptors (Lipinski definition) is 4. The van der Waals surface area contributed by atoms with Crippen LogP contribution >= 0.6 is 0 Å². The lowest BCUT2D eigenvalue weighted by Gasteiger charge is -2.12. The van der Waals surface area contributed by atoms with Gasteiger partial charge in [0.05, 0.1) is 5.69 Å².